The summed E-state index contributed by atoms with van der Waals surface area (Å²) in [6, 6.07) is 0. The van der Waals surface area contributed by atoms with Gasteiger partial charge in [-0.2, -0.15) is 0 Å². The molecule has 1 rings (SSSR count). The molecule has 1 aromatic rings. The smallest absolute Gasteiger partial charge is 0.310 e. The fraction of sp³-hybridized carbons (Fsp3) is 0.400. The molecule has 0 aromatic carbocycles. The van der Waals surface area contributed by atoms with Crippen LogP contribution in [0, 0.1) is 0 Å². The summed E-state index contributed by atoms with van der Waals surface area (Å²) in [5.41, 5.74) is -0.397. The quantitative estimate of drug-likeness (QED) is 0.620. The number of rotatable bonds is 4. The predicted octanol–water partition coefficient (Wildman–Crippen LogP) is 2.40. The van der Waals surface area contributed by atoms with E-state index in [0.717, 1.165) is 6.20 Å². The molecule has 0 atom stereocenters. The number of alkyl halides is 2. The number of ether oxygens (including phenoxy) is 2. The van der Waals surface area contributed by atoms with Gasteiger partial charge in [0.15, 0.2) is 10.9 Å². The van der Waals surface area contributed by atoms with Crippen LogP contribution < -0.4 is 4.74 Å². The van der Waals surface area contributed by atoms with E-state index in [4.69, 9.17) is 16.3 Å². The number of pyridine rings is 1. The molecule has 17 heavy (non-hydrogen) atoms. The molecule has 0 bridgehead atoms. The predicted molar refractivity (Wildman–Crippen MR) is 56.5 cm³/mol. The van der Waals surface area contributed by atoms with Gasteiger partial charge in [-0.3, -0.25) is 4.79 Å². The average Bonchev–Trinajstić information content (AvgIpc) is 2.28. The van der Waals surface area contributed by atoms with Crippen molar-refractivity contribution in [1.29, 1.82) is 0 Å². The lowest BCUT2D eigenvalue weighted by molar-refractivity contribution is -0.139. The Morgan fingerprint density at radius 3 is 2.65 bits per heavy atom. The summed E-state index contributed by atoms with van der Waals surface area (Å²) < 4.78 is 34.8. The van der Waals surface area contributed by atoms with Crippen molar-refractivity contribution < 1.29 is 23.0 Å². The highest BCUT2D eigenvalue weighted by Gasteiger charge is 2.22. The number of aromatic nitrogens is 1. The van der Waals surface area contributed by atoms with Gasteiger partial charge in [0.05, 0.1) is 20.6 Å². The summed E-state index contributed by atoms with van der Waals surface area (Å²) in [6.07, 6.45) is -2.19. The zero-order chi connectivity index (χ0) is 13.0. The normalized spacial score (nSPS) is 10.5. The van der Waals surface area contributed by atoms with Gasteiger partial charge in [-0.1, -0.05) is 11.6 Å². The van der Waals surface area contributed by atoms with Crippen LogP contribution in [0.4, 0.5) is 8.78 Å². The SMILES string of the molecule is COC(=O)Cc1c(C(F)F)cnc(Cl)c1OC. The van der Waals surface area contributed by atoms with Gasteiger partial charge in [0.25, 0.3) is 6.43 Å². The lowest BCUT2D eigenvalue weighted by Crippen LogP contribution is -2.10. The van der Waals surface area contributed by atoms with Crippen molar-refractivity contribution in [3.05, 3.63) is 22.5 Å². The van der Waals surface area contributed by atoms with Gasteiger partial charge in [-0.25, -0.2) is 13.8 Å². The monoisotopic (exact) mass is 265 g/mol. The van der Waals surface area contributed by atoms with Crippen LogP contribution in [-0.4, -0.2) is 25.2 Å². The van der Waals surface area contributed by atoms with Crippen LogP contribution in [-0.2, 0) is 16.0 Å². The summed E-state index contributed by atoms with van der Waals surface area (Å²) in [5, 5.41) is -0.0733. The van der Waals surface area contributed by atoms with Crippen LogP contribution in [0.5, 0.6) is 5.75 Å². The van der Waals surface area contributed by atoms with Gasteiger partial charge in [-0.05, 0) is 0 Å². The molecule has 0 amide bonds. The number of carbonyl (C=O) groups is 1. The van der Waals surface area contributed by atoms with Crippen LogP contribution in [0.1, 0.15) is 17.6 Å². The third-order valence-corrected chi connectivity index (χ3v) is 2.38. The average molecular weight is 266 g/mol. The van der Waals surface area contributed by atoms with E-state index in [9.17, 15) is 13.6 Å². The van der Waals surface area contributed by atoms with E-state index < -0.39 is 18.0 Å². The van der Waals surface area contributed by atoms with Gasteiger partial charge in [-0.15, -0.1) is 0 Å². The minimum Gasteiger partial charge on any atom is -0.493 e. The van der Waals surface area contributed by atoms with E-state index in [-0.39, 0.29) is 22.9 Å². The highest BCUT2D eigenvalue weighted by molar-refractivity contribution is 6.31. The van der Waals surface area contributed by atoms with E-state index in [2.05, 4.69) is 9.72 Å². The molecule has 0 unspecified atom stereocenters. The zero-order valence-electron chi connectivity index (χ0n) is 9.17. The topological polar surface area (TPSA) is 48.4 Å². The Morgan fingerprint density at radius 1 is 1.53 bits per heavy atom. The third kappa shape index (κ3) is 3.03. The second kappa shape index (κ2) is 5.77. The largest absolute Gasteiger partial charge is 0.493 e. The van der Waals surface area contributed by atoms with E-state index in [1.807, 2.05) is 0 Å². The number of halogens is 3. The molecular weight excluding hydrogens is 256 g/mol. The Balaban J connectivity index is 3.28. The maximum Gasteiger partial charge on any atom is 0.310 e. The Hall–Kier alpha value is -1.43. The number of carbonyl (C=O) groups excluding carboxylic acids is 1. The second-order valence-electron chi connectivity index (χ2n) is 3.07. The molecule has 0 N–H and O–H groups in total. The standard InChI is InChI=1S/C10H10ClF2NO3/c1-16-7(15)3-5-6(10(12)13)4-14-9(11)8(5)17-2/h4,10H,3H2,1-2H3. The minimum atomic E-state index is -2.77. The number of methoxy groups -OCH3 is 2. The molecule has 0 radical (unpaired) electrons. The molecule has 94 valence electrons. The van der Waals surface area contributed by atoms with Crippen molar-refractivity contribution in [3.63, 3.8) is 0 Å². The van der Waals surface area contributed by atoms with Crippen molar-refractivity contribution in [3.8, 4) is 5.75 Å². The fourth-order valence-corrected chi connectivity index (χ4v) is 1.55. The second-order valence-corrected chi connectivity index (χ2v) is 3.43. The van der Waals surface area contributed by atoms with Crippen molar-refractivity contribution >= 4 is 17.6 Å². The number of hydrogen-bond acceptors (Lipinski definition) is 4. The van der Waals surface area contributed by atoms with Gasteiger partial charge in [0, 0.05) is 17.3 Å². The Bertz CT molecular complexity index is 426. The Morgan fingerprint density at radius 2 is 2.18 bits per heavy atom. The third-order valence-electron chi connectivity index (χ3n) is 2.11. The number of hydrogen-bond donors (Lipinski definition) is 0. The van der Waals surface area contributed by atoms with Gasteiger partial charge in [0.1, 0.15) is 0 Å². The molecule has 7 heteroatoms. The highest BCUT2D eigenvalue weighted by Crippen LogP contribution is 2.34. The first-order chi connectivity index (χ1) is 8.01. The van der Waals surface area contributed by atoms with E-state index in [1.54, 1.807) is 0 Å². The van der Waals surface area contributed by atoms with Crippen LogP contribution in [0.15, 0.2) is 6.20 Å². The van der Waals surface area contributed by atoms with Crippen molar-refractivity contribution in [2.75, 3.05) is 14.2 Å². The summed E-state index contributed by atoms with van der Waals surface area (Å²) in [6.45, 7) is 0. The van der Waals surface area contributed by atoms with Gasteiger partial charge >= 0.3 is 5.97 Å². The Kier molecular flexibility index (Phi) is 4.62. The van der Waals surface area contributed by atoms with E-state index in [0.29, 0.717) is 0 Å². The van der Waals surface area contributed by atoms with Crippen LogP contribution >= 0.6 is 11.6 Å². The van der Waals surface area contributed by atoms with Crippen LogP contribution in [0.3, 0.4) is 0 Å². The lowest BCUT2D eigenvalue weighted by Gasteiger charge is -2.13. The number of nitrogens with zero attached hydrogens (tertiary/aromatic N) is 1. The summed E-state index contributed by atoms with van der Waals surface area (Å²) >= 11 is 5.70. The molecule has 0 saturated carbocycles. The number of esters is 1. The summed E-state index contributed by atoms with van der Waals surface area (Å²) in [7, 11) is 2.43. The lowest BCUT2D eigenvalue weighted by atomic mass is 10.1. The molecule has 0 spiro atoms. The first-order valence-corrected chi connectivity index (χ1v) is 4.95. The molecule has 4 nitrogen and oxygen atoms in total. The molecule has 0 aliphatic carbocycles. The summed E-state index contributed by atoms with van der Waals surface area (Å²) in [4.78, 5) is 14.7. The molecule has 0 fully saturated rings. The van der Waals surface area contributed by atoms with Crippen molar-refractivity contribution in [1.82, 2.24) is 4.98 Å². The van der Waals surface area contributed by atoms with Gasteiger partial charge in [0.2, 0.25) is 0 Å². The molecule has 1 aromatic heterocycles. The molecule has 0 aliphatic rings. The van der Waals surface area contributed by atoms with E-state index in [1.165, 1.54) is 14.2 Å². The van der Waals surface area contributed by atoms with Crippen molar-refractivity contribution in [2.24, 2.45) is 0 Å². The van der Waals surface area contributed by atoms with Gasteiger partial charge < -0.3 is 9.47 Å². The maximum absolute atomic E-state index is 12.7. The maximum atomic E-state index is 12.7. The molecule has 0 aliphatic heterocycles. The van der Waals surface area contributed by atoms with Crippen molar-refractivity contribution in [2.45, 2.75) is 12.8 Å². The van der Waals surface area contributed by atoms with E-state index >= 15 is 0 Å². The molecule has 1 heterocycles. The summed E-state index contributed by atoms with van der Waals surface area (Å²) in [5.74, 6) is -0.692. The zero-order valence-corrected chi connectivity index (χ0v) is 9.92. The van der Waals surface area contributed by atoms with Crippen LogP contribution in [0.2, 0.25) is 5.15 Å². The minimum absolute atomic E-state index is 0.00523. The molecular formula is C10H10ClF2NO3. The fourth-order valence-electron chi connectivity index (χ4n) is 1.31. The Labute approximate surface area is 101 Å². The highest BCUT2D eigenvalue weighted by atomic mass is 35.5. The first kappa shape index (κ1) is 13.6. The first-order valence-electron chi connectivity index (χ1n) is 4.57. The molecule has 0 saturated heterocycles. The van der Waals surface area contributed by atoms with Crippen LogP contribution in [0.25, 0.3) is 0 Å².